The third-order valence-electron chi connectivity index (χ3n) is 3.70. The first kappa shape index (κ1) is 17.7. The number of oxazole rings is 1. The van der Waals surface area contributed by atoms with Crippen LogP contribution in [0.25, 0.3) is 11.3 Å². The summed E-state index contributed by atoms with van der Waals surface area (Å²) in [5, 5.41) is 2.71. The lowest BCUT2D eigenvalue weighted by molar-refractivity contribution is -0.116. The molecule has 1 amide bonds. The normalized spacial score (nSPS) is 10.5. The summed E-state index contributed by atoms with van der Waals surface area (Å²) in [6.45, 7) is 2.55. The number of benzene rings is 2. The maximum absolute atomic E-state index is 12.9. The van der Waals surface area contributed by atoms with Gasteiger partial charge in [0.1, 0.15) is 11.6 Å². The van der Waals surface area contributed by atoms with Crippen LogP contribution in [0.15, 0.2) is 59.1 Å². The van der Waals surface area contributed by atoms with Crippen LogP contribution in [0.1, 0.15) is 19.2 Å². The van der Waals surface area contributed by atoms with Crippen molar-refractivity contribution in [2.24, 2.45) is 0 Å². The Kier molecular flexibility index (Phi) is 5.63. The summed E-state index contributed by atoms with van der Waals surface area (Å²) in [5.74, 6) is 1.40. The molecule has 1 aromatic heterocycles. The Hall–Kier alpha value is -3.15. The number of hydrogen-bond acceptors (Lipinski definition) is 4. The number of aryl methyl sites for hydroxylation is 1. The molecule has 0 aliphatic carbocycles. The molecule has 134 valence electrons. The van der Waals surface area contributed by atoms with Gasteiger partial charge in [-0.25, -0.2) is 9.37 Å². The lowest BCUT2D eigenvalue weighted by atomic mass is 10.2. The second-order valence-electron chi connectivity index (χ2n) is 5.63. The number of rotatable bonds is 7. The highest BCUT2D eigenvalue weighted by molar-refractivity contribution is 5.90. The number of halogens is 1. The van der Waals surface area contributed by atoms with E-state index in [1.807, 2.05) is 31.2 Å². The zero-order valence-corrected chi connectivity index (χ0v) is 14.4. The first-order valence-corrected chi connectivity index (χ1v) is 8.37. The number of anilines is 1. The van der Waals surface area contributed by atoms with Crippen LogP contribution in [-0.4, -0.2) is 17.5 Å². The fourth-order valence-electron chi connectivity index (χ4n) is 2.42. The summed E-state index contributed by atoms with van der Waals surface area (Å²) in [5.41, 5.74) is 1.45. The molecule has 0 aliphatic heterocycles. The molecule has 0 aliphatic rings. The van der Waals surface area contributed by atoms with E-state index in [2.05, 4.69) is 10.3 Å². The highest BCUT2D eigenvalue weighted by Gasteiger charge is 2.09. The minimum atomic E-state index is -0.343. The average molecular weight is 354 g/mol. The predicted octanol–water partition coefficient (Wildman–Crippen LogP) is 4.45. The summed E-state index contributed by atoms with van der Waals surface area (Å²) in [6.07, 6.45) is 2.24. The number of carbonyl (C=O) groups excluding carboxylic acids is 1. The van der Waals surface area contributed by atoms with Crippen molar-refractivity contribution >= 4 is 11.6 Å². The molecule has 0 fully saturated rings. The van der Waals surface area contributed by atoms with Crippen LogP contribution in [0.3, 0.4) is 0 Å². The molecular formula is C20H19FN2O3. The highest BCUT2D eigenvalue weighted by Crippen LogP contribution is 2.23. The number of amides is 1. The van der Waals surface area contributed by atoms with Gasteiger partial charge >= 0.3 is 0 Å². The third-order valence-corrected chi connectivity index (χ3v) is 3.70. The minimum absolute atomic E-state index is 0.183. The van der Waals surface area contributed by atoms with Crippen LogP contribution >= 0.6 is 0 Å². The van der Waals surface area contributed by atoms with Gasteiger partial charge in [-0.1, -0.05) is 0 Å². The lowest BCUT2D eigenvalue weighted by Crippen LogP contribution is -2.12. The van der Waals surface area contributed by atoms with Gasteiger partial charge in [0, 0.05) is 24.1 Å². The fourth-order valence-corrected chi connectivity index (χ4v) is 2.42. The molecule has 3 rings (SSSR count). The van der Waals surface area contributed by atoms with Gasteiger partial charge in [0.05, 0.1) is 12.8 Å². The maximum Gasteiger partial charge on any atom is 0.224 e. The van der Waals surface area contributed by atoms with E-state index in [4.69, 9.17) is 9.15 Å². The van der Waals surface area contributed by atoms with Gasteiger partial charge in [-0.15, -0.1) is 0 Å². The molecule has 1 heterocycles. The molecule has 1 N–H and O–H groups in total. The van der Waals surface area contributed by atoms with Crippen LogP contribution in [0.2, 0.25) is 0 Å². The summed E-state index contributed by atoms with van der Waals surface area (Å²) in [4.78, 5) is 16.2. The molecule has 0 radical (unpaired) electrons. The number of aromatic nitrogens is 1. The Morgan fingerprint density at radius 3 is 2.58 bits per heavy atom. The van der Waals surface area contributed by atoms with Crippen molar-refractivity contribution in [3.8, 4) is 17.1 Å². The van der Waals surface area contributed by atoms with Gasteiger partial charge in [0.15, 0.2) is 11.7 Å². The van der Waals surface area contributed by atoms with Crippen LogP contribution in [-0.2, 0) is 11.2 Å². The zero-order valence-electron chi connectivity index (χ0n) is 14.4. The fraction of sp³-hybridized carbons (Fsp3) is 0.200. The number of nitrogens with zero attached hydrogens (tertiary/aromatic N) is 1. The van der Waals surface area contributed by atoms with Crippen molar-refractivity contribution in [3.05, 3.63) is 66.4 Å². The van der Waals surface area contributed by atoms with E-state index < -0.39 is 0 Å². The van der Waals surface area contributed by atoms with Crippen molar-refractivity contribution in [2.75, 3.05) is 11.9 Å². The number of ether oxygens (including phenoxy) is 1. The van der Waals surface area contributed by atoms with Gasteiger partial charge in [0.25, 0.3) is 0 Å². The molecule has 3 aromatic rings. The SMILES string of the molecule is CCOc1ccc(-c2cnc(CCC(=O)Nc3ccc(F)cc3)o2)cc1. The van der Waals surface area contributed by atoms with Crippen LogP contribution < -0.4 is 10.1 Å². The molecule has 2 aromatic carbocycles. The summed E-state index contributed by atoms with van der Waals surface area (Å²) in [7, 11) is 0. The monoisotopic (exact) mass is 354 g/mol. The lowest BCUT2D eigenvalue weighted by Gasteiger charge is -2.04. The van der Waals surface area contributed by atoms with Gasteiger partial charge in [-0.3, -0.25) is 4.79 Å². The first-order valence-electron chi connectivity index (χ1n) is 8.37. The first-order chi connectivity index (χ1) is 12.6. The zero-order chi connectivity index (χ0) is 18.4. The van der Waals surface area contributed by atoms with Crippen molar-refractivity contribution in [1.82, 2.24) is 4.98 Å². The van der Waals surface area contributed by atoms with Crippen molar-refractivity contribution < 1.29 is 18.3 Å². The smallest absolute Gasteiger partial charge is 0.224 e. The predicted molar refractivity (Wildman–Crippen MR) is 96.5 cm³/mol. The molecule has 0 saturated carbocycles. The number of hydrogen-bond donors (Lipinski definition) is 1. The Bertz CT molecular complexity index is 858. The molecule has 6 heteroatoms. The van der Waals surface area contributed by atoms with Gasteiger partial charge in [-0.05, 0) is 55.5 Å². The number of carbonyl (C=O) groups is 1. The van der Waals surface area contributed by atoms with E-state index in [0.29, 0.717) is 30.4 Å². The summed E-state index contributed by atoms with van der Waals surface area (Å²) < 4.78 is 24.0. The molecular weight excluding hydrogens is 335 g/mol. The maximum atomic E-state index is 12.9. The molecule has 5 nitrogen and oxygen atoms in total. The molecule has 0 atom stereocenters. The van der Waals surface area contributed by atoms with Crippen LogP contribution in [0, 0.1) is 5.82 Å². The molecule has 0 saturated heterocycles. The van der Waals surface area contributed by atoms with E-state index in [1.54, 1.807) is 6.20 Å². The Morgan fingerprint density at radius 1 is 1.15 bits per heavy atom. The minimum Gasteiger partial charge on any atom is -0.494 e. The van der Waals surface area contributed by atoms with Gasteiger partial charge in [-0.2, -0.15) is 0 Å². The van der Waals surface area contributed by atoms with E-state index in [-0.39, 0.29) is 18.1 Å². The topological polar surface area (TPSA) is 64.4 Å². The van der Waals surface area contributed by atoms with E-state index >= 15 is 0 Å². The molecule has 0 bridgehead atoms. The van der Waals surface area contributed by atoms with Crippen molar-refractivity contribution in [2.45, 2.75) is 19.8 Å². The van der Waals surface area contributed by atoms with Gasteiger partial charge < -0.3 is 14.5 Å². The van der Waals surface area contributed by atoms with Crippen molar-refractivity contribution in [1.29, 1.82) is 0 Å². The second kappa shape index (κ2) is 8.29. The Morgan fingerprint density at radius 2 is 1.88 bits per heavy atom. The quantitative estimate of drug-likeness (QED) is 0.681. The summed E-state index contributed by atoms with van der Waals surface area (Å²) in [6, 6.07) is 13.2. The third kappa shape index (κ3) is 4.69. The summed E-state index contributed by atoms with van der Waals surface area (Å²) >= 11 is 0. The molecule has 0 unspecified atom stereocenters. The standard InChI is InChI=1S/C20H19FN2O3/c1-2-25-17-9-3-14(4-10-17)18-13-22-20(26-18)12-11-19(24)23-16-7-5-15(21)6-8-16/h3-10,13H,2,11-12H2,1H3,(H,23,24). The Balaban J connectivity index is 1.54. The largest absolute Gasteiger partial charge is 0.494 e. The highest BCUT2D eigenvalue weighted by atomic mass is 19.1. The van der Waals surface area contributed by atoms with Gasteiger partial charge in [0.2, 0.25) is 5.91 Å². The molecule has 26 heavy (non-hydrogen) atoms. The van der Waals surface area contributed by atoms with E-state index in [0.717, 1.165) is 11.3 Å². The van der Waals surface area contributed by atoms with E-state index in [1.165, 1.54) is 24.3 Å². The van der Waals surface area contributed by atoms with E-state index in [9.17, 15) is 9.18 Å². The van der Waals surface area contributed by atoms with Crippen molar-refractivity contribution in [3.63, 3.8) is 0 Å². The van der Waals surface area contributed by atoms with Crippen LogP contribution in [0.4, 0.5) is 10.1 Å². The average Bonchev–Trinajstić information content (AvgIpc) is 3.12. The second-order valence-corrected chi connectivity index (χ2v) is 5.63. The number of nitrogens with one attached hydrogen (secondary N) is 1. The Labute approximate surface area is 150 Å². The molecule has 0 spiro atoms. The van der Waals surface area contributed by atoms with Crippen LogP contribution in [0.5, 0.6) is 5.75 Å².